The first-order valence-electron chi connectivity index (χ1n) is 25.8. The van der Waals surface area contributed by atoms with Crippen molar-refractivity contribution in [2.24, 2.45) is 0 Å². The second-order valence-corrected chi connectivity index (χ2v) is 15.4. The molecule has 0 bridgehead atoms. The van der Waals surface area contributed by atoms with E-state index in [0.717, 1.165) is 22.1 Å². The molecule has 0 N–H and O–H groups in total. The van der Waals surface area contributed by atoms with Gasteiger partial charge in [0.1, 0.15) is 11.5 Å². The molecular formula is C49H48OS. The van der Waals surface area contributed by atoms with Gasteiger partial charge in [0, 0.05) is 56.6 Å². The Balaban J connectivity index is 1.54. The fourth-order valence-electron chi connectivity index (χ4n) is 7.66. The lowest BCUT2D eigenvalue weighted by molar-refractivity contribution is 0.296. The van der Waals surface area contributed by atoms with Gasteiger partial charge >= 0.3 is 0 Å². The predicted molar refractivity (Wildman–Crippen MR) is 217 cm³/mol. The number of hydrogen-bond donors (Lipinski definition) is 0. The van der Waals surface area contributed by atoms with Gasteiger partial charge in [-0.3, -0.25) is 0 Å². The Morgan fingerprint density at radius 1 is 0.510 bits per heavy atom. The monoisotopic (exact) mass is 702 g/mol. The second-order valence-electron chi connectivity index (χ2n) is 14.4. The quantitative estimate of drug-likeness (QED) is 0.182. The van der Waals surface area contributed by atoms with Gasteiger partial charge < -0.3 is 4.74 Å². The Bertz CT molecular complexity index is 3020. The molecule has 0 fully saturated rings. The van der Waals surface area contributed by atoms with Crippen LogP contribution in [0.3, 0.4) is 0 Å². The van der Waals surface area contributed by atoms with Crippen LogP contribution in [0.2, 0.25) is 0 Å². The molecule has 0 aromatic heterocycles. The van der Waals surface area contributed by atoms with E-state index in [4.69, 9.17) is 25.3 Å². The first-order chi connectivity index (χ1) is 31.6. The topological polar surface area (TPSA) is 9.23 Å². The van der Waals surface area contributed by atoms with E-state index in [1.54, 1.807) is 12.1 Å². The minimum Gasteiger partial charge on any atom is -0.456 e. The summed E-state index contributed by atoms with van der Waals surface area (Å²) < 4.78 is 167. The molecule has 1 nitrogen and oxygen atoms in total. The maximum absolute atomic E-state index is 9.22. The largest absolute Gasteiger partial charge is 0.456 e. The molecule has 6 aromatic rings. The highest BCUT2D eigenvalue weighted by Gasteiger charge is 2.45. The standard InChI is InChI=1S/C49H48OS/c1-29-25-27-33(31(3)43(29)35-17-15-21-39-45(35)50-41-23-13-11-19-37(41)47(39,5)6)34-28-26-30(2)44(32(34)4)36-18-16-22-40-46(36)51-42-24-14-12-20-38(42)48(7,8)49(40,9)10/h11-28H,1-10H3/i1D3,2D3,3D3,4D3,5D3,6D3. The van der Waals surface area contributed by atoms with Crippen LogP contribution >= 0.6 is 11.8 Å². The molecule has 0 amide bonds. The van der Waals surface area contributed by atoms with Crippen molar-refractivity contribution in [3.05, 3.63) is 154 Å². The lowest BCUT2D eigenvalue weighted by atomic mass is 9.61. The third kappa shape index (κ3) is 4.90. The van der Waals surface area contributed by atoms with Crippen molar-refractivity contribution in [2.45, 2.75) is 94.8 Å². The number of aryl methyl sites for hydroxylation is 2. The van der Waals surface area contributed by atoms with Crippen LogP contribution < -0.4 is 4.74 Å². The highest BCUT2D eigenvalue weighted by Crippen LogP contribution is 2.57. The molecule has 0 atom stereocenters. The molecule has 51 heavy (non-hydrogen) atoms. The zero-order chi connectivity index (χ0) is 51.0. The maximum atomic E-state index is 9.22. The summed E-state index contributed by atoms with van der Waals surface area (Å²) in [5.41, 5.74) is -5.78. The summed E-state index contributed by atoms with van der Waals surface area (Å²) in [6.07, 6.45) is 0. The Morgan fingerprint density at radius 3 is 1.75 bits per heavy atom. The van der Waals surface area contributed by atoms with Crippen LogP contribution in [0.4, 0.5) is 0 Å². The molecular weight excluding hydrogens is 637 g/mol. The van der Waals surface area contributed by atoms with Crippen molar-refractivity contribution < 1.29 is 29.4 Å². The van der Waals surface area contributed by atoms with Crippen molar-refractivity contribution >= 4 is 11.8 Å². The number of para-hydroxylation sites is 2. The summed E-state index contributed by atoms with van der Waals surface area (Å²) in [5.74, 6) is -0.587. The molecule has 256 valence electrons. The van der Waals surface area contributed by atoms with E-state index in [9.17, 15) is 4.11 Å². The Kier molecular flexibility index (Phi) is 4.33. The van der Waals surface area contributed by atoms with E-state index in [1.807, 2.05) is 30.3 Å². The first-order valence-corrected chi connectivity index (χ1v) is 17.6. The lowest BCUT2D eigenvalue weighted by Crippen LogP contribution is -2.40. The summed E-state index contributed by atoms with van der Waals surface area (Å²) in [5, 5.41) is 0. The smallest absolute Gasteiger partial charge is 0.139 e. The number of fused-ring (bicyclic) bond motifs is 4. The van der Waals surface area contributed by atoms with Crippen molar-refractivity contribution in [3.63, 3.8) is 0 Å². The molecule has 0 aliphatic carbocycles. The third-order valence-electron chi connectivity index (χ3n) is 11.2. The van der Waals surface area contributed by atoms with Crippen molar-refractivity contribution in [1.82, 2.24) is 0 Å². The summed E-state index contributed by atoms with van der Waals surface area (Å²) in [6.45, 7) is -10.6. The Morgan fingerprint density at radius 2 is 1.08 bits per heavy atom. The molecule has 8 rings (SSSR count). The van der Waals surface area contributed by atoms with Gasteiger partial charge in [-0.25, -0.2) is 0 Å². The average Bonchev–Trinajstić information content (AvgIpc) is 3.28. The summed E-state index contributed by atoms with van der Waals surface area (Å²) in [6, 6.07) is 27.5. The highest BCUT2D eigenvalue weighted by atomic mass is 32.2. The molecule has 0 radical (unpaired) electrons. The Labute approximate surface area is 334 Å². The van der Waals surface area contributed by atoms with Crippen molar-refractivity contribution in [2.75, 3.05) is 0 Å². The van der Waals surface area contributed by atoms with E-state index in [1.165, 1.54) is 72.4 Å². The zero-order valence-electron chi connectivity index (χ0n) is 46.7. The lowest BCUT2D eigenvalue weighted by Gasteiger charge is -2.42. The minimum atomic E-state index is -3.29. The maximum Gasteiger partial charge on any atom is 0.139 e. The number of benzene rings is 6. The summed E-state index contributed by atoms with van der Waals surface area (Å²) >= 11 is 1.38. The van der Waals surface area contributed by atoms with Crippen LogP contribution in [-0.4, -0.2) is 0 Å². The van der Waals surface area contributed by atoms with Crippen LogP contribution in [0.15, 0.2) is 119 Å². The van der Waals surface area contributed by atoms with E-state index in [2.05, 4.69) is 27.7 Å². The Hall–Kier alpha value is -4.53. The fourth-order valence-corrected chi connectivity index (χ4v) is 9.18. The van der Waals surface area contributed by atoms with Crippen LogP contribution in [-0.2, 0) is 16.2 Å². The van der Waals surface area contributed by atoms with Crippen LogP contribution in [0.1, 0.15) is 111 Å². The molecule has 0 spiro atoms. The van der Waals surface area contributed by atoms with Gasteiger partial charge in [-0.05, 0) is 112 Å². The van der Waals surface area contributed by atoms with Crippen molar-refractivity contribution in [1.29, 1.82) is 0 Å². The van der Waals surface area contributed by atoms with Gasteiger partial charge in [0.25, 0.3) is 0 Å². The van der Waals surface area contributed by atoms with Gasteiger partial charge in [0.15, 0.2) is 0 Å². The molecule has 0 saturated carbocycles. The summed E-state index contributed by atoms with van der Waals surface area (Å²) in [4.78, 5) is 1.47. The van der Waals surface area contributed by atoms with Gasteiger partial charge in [0.2, 0.25) is 0 Å². The first kappa shape index (κ1) is 18.8. The number of hydrogen-bond acceptors (Lipinski definition) is 2. The van der Waals surface area contributed by atoms with Crippen LogP contribution in [0.25, 0.3) is 33.4 Å². The van der Waals surface area contributed by atoms with E-state index >= 15 is 0 Å². The molecule has 0 unspecified atom stereocenters. The molecule has 2 heterocycles. The molecule has 6 aromatic carbocycles. The van der Waals surface area contributed by atoms with Crippen LogP contribution in [0.5, 0.6) is 11.5 Å². The van der Waals surface area contributed by atoms with Crippen molar-refractivity contribution in [3.8, 4) is 44.9 Å². The normalized spacial score (nSPS) is 22.9. The van der Waals surface area contributed by atoms with Gasteiger partial charge in [-0.2, -0.15) is 0 Å². The second kappa shape index (κ2) is 11.8. The molecule has 2 aliphatic rings. The van der Waals surface area contributed by atoms with E-state index in [0.29, 0.717) is 4.90 Å². The third-order valence-corrected chi connectivity index (χ3v) is 12.4. The van der Waals surface area contributed by atoms with Gasteiger partial charge in [-0.15, -0.1) is 0 Å². The molecule has 2 aliphatic heterocycles. The van der Waals surface area contributed by atoms with E-state index in [-0.39, 0.29) is 50.3 Å². The molecule has 2 heteroatoms. The summed E-state index contributed by atoms with van der Waals surface area (Å²) in [7, 11) is 0. The van der Waals surface area contributed by atoms with Gasteiger partial charge in [-0.1, -0.05) is 150 Å². The highest BCUT2D eigenvalue weighted by molar-refractivity contribution is 7.99. The number of ether oxygens (including phenoxy) is 1. The zero-order valence-corrected chi connectivity index (χ0v) is 29.5. The SMILES string of the molecule is [2H]C([2H])([2H])c1ccc(-c2ccc(C([2H])([2H])[2H])c(-c3cccc4c3Sc3ccccc3C(C)(C)C4(C)C)c2C([2H])([2H])[2H])c(C([2H])([2H])[2H])c1-c1cccc2c1Oc1ccccc1C2(C([2H])([2H])[2H])C([2H])([2H])[2H]. The predicted octanol–water partition coefficient (Wildman–Crippen LogP) is 14.1. The average molecular weight is 703 g/mol. The fraction of sp³-hybridized carbons (Fsp3) is 0.265. The van der Waals surface area contributed by atoms with Crippen LogP contribution in [0, 0.1) is 27.4 Å². The minimum absolute atomic E-state index is 0.167. The number of rotatable bonds is 3. The molecule has 0 saturated heterocycles. The van der Waals surface area contributed by atoms with E-state index < -0.39 is 85.4 Å². The van der Waals surface area contributed by atoms with Gasteiger partial charge in [0.05, 0.1) is 0 Å².